The maximum absolute atomic E-state index is 6.20. The molecule has 0 N–H and O–H groups in total. The zero-order valence-corrected chi connectivity index (χ0v) is 11.3. The van der Waals surface area contributed by atoms with Crippen LogP contribution >= 0.6 is 0 Å². The number of benzene rings is 1. The molecule has 15 heavy (non-hydrogen) atoms. The molecular formula is C13H22OSi. The highest BCUT2D eigenvalue weighted by atomic mass is 28.4. The van der Waals surface area contributed by atoms with E-state index in [1.165, 1.54) is 17.7 Å². The Morgan fingerprint density at radius 3 is 2.27 bits per heavy atom. The van der Waals surface area contributed by atoms with Crippen LogP contribution < -0.4 is 5.19 Å². The molecule has 0 bridgehead atoms. The standard InChI is InChI=1S/C13H22OSi/c1-5-11-15(4,14-12(2)3)13-9-7-6-8-10-13/h6-10,12H,5,11H2,1-4H3. The van der Waals surface area contributed by atoms with Gasteiger partial charge in [-0.2, -0.15) is 0 Å². The van der Waals surface area contributed by atoms with Crippen LogP contribution in [0, 0.1) is 0 Å². The Kier molecular flexibility index (Phi) is 4.55. The van der Waals surface area contributed by atoms with Crippen molar-refractivity contribution in [2.24, 2.45) is 0 Å². The van der Waals surface area contributed by atoms with E-state index in [4.69, 9.17) is 4.43 Å². The van der Waals surface area contributed by atoms with Crippen molar-refractivity contribution in [1.29, 1.82) is 0 Å². The van der Waals surface area contributed by atoms with Crippen molar-refractivity contribution < 1.29 is 4.43 Å². The van der Waals surface area contributed by atoms with Gasteiger partial charge in [0.2, 0.25) is 8.32 Å². The van der Waals surface area contributed by atoms with Gasteiger partial charge in [0.15, 0.2) is 0 Å². The SMILES string of the molecule is CCC[Si](C)(OC(C)C)c1ccccc1. The third-order valence-electron chi connectivity index (χ3n) is 2.61. The predicted molar refractivity (Wildman–Crippen MR) is 69.0 cm³/mol. The van der Waals surface area contributed by atoms with Crippen LogP contribution in [-0.4, -0.2) is 14.4 Å². The van der Waals surface area contributed by atoms with Gasteiger partial charge in [0.25, 0.3) is 0 Å². The third-order valence-corrected chi connectivity index (χ3v) is 6.61. The molecule has 0 spiro atoms. The summed E-state index contributed by atoms with van der Waals surface area (Å²) in [6.45, 7) is 8.82. The Balaban J connectivity index is 2.90. The van der Waals surface area contributed by atoms with Gasteiger partial charge in [0.1, 0.15) is 0 Å². The minimum absolute atomic E-state index is 0.327. The van der Waals surface area contributed by atoms with E-state index in [1.807, 2.05) is 0 Å². The second-order valence-electron chi connectivity index (χ2n) is 4.51. The molecule has 1 unspecified atom stereocenters. The monoisotopic (exact) mass is 222 g/mol. The molecular weight excluding hydrogens is 200 g/mol. The van der Waals surface area contributed by atoms with Gasteiger partial charge in [-0.15, -0.1) is 0 Å². The lowest BCUT2D eigenvalue weighted by Crippen LogP contribution is -2.49. The summed E-state index contributed by atoms with van der Waals surface area (Å²) in [6, 6.07) is 11.9. The van der Waals surface area contributed by atoms with Crippen molar-refractivity contribution in [3.63, 3.8) is 0 Å². The van der Waals surface area contributed by atoms with Gasteiger partial charge < -0.3 is 4.43 Å². The van der Waals surface area contributed by atoms with Crippen LogP contribution in [0.3, 0.4) is 0 Å². The van der Waals surface area contributed by atoms with Crippen molar-refractivity contribution in [2.75, 3.05) is 0 Å². The fourth-order valence-corrected chi connectivity index (χ4v) is 5.49. The van der Waals surface area contributed by atoms with Crippen LogP contribution in [0.5, 0.6) is 0 Å². The molecule has 0 aliphatic rings. The zero-order valence-electron chi connectivity index (χ0n) is 10.3. The Labute approximate surface area is 94.6 Å². The van der Waals surface area contributed by atoms with Crippen LogP contribution in [0.25, 0.3) is 0 Å². The zero-order chi connectivity index (χ0) is 11.3. The summed E-state index contributed by atoms with van der Waals surface area (Å²) in [4.78, 5) is 0. The normalized spacial score (nSPS) is 15.3. The third kappa shape index (κ3) is 3.47. The van der Waals surface area contributed by atoms with E-state index in [-0.39, 0.29) is 0 Å². The Morgan fingerprint density at radius 2 is 1.80 bits per heavy atom. The Bertz CT molecular complexity index is 284. The smallest absolute Gasteiger partial charge is 0.221 e. The van der Waals surface area contributed by atoms with Crippen molar-refractivity contribution in [2.45, 2.75) is 45.9 Å². The van der Waals surface area contributed by atoms with Crippen LogP contribution in [0.15, 0.2) is 30.3 Å². The summed E-state index contributed by atoms with van der Waals surface area (Å²) in [5, 5.41) is 1.42. The lowest BCUT2D eigenvalue weighted by molar-refractivity contribution is 0.234. The van der Waals surface area contributed by atoms with Gasteiger partial charge >= 0.3 is 0 Å². The molecule has 1 aromatic carbocycles. The average Bonchev–Trinajstić information content (AvgIpc) is 2.18. The van der Waals surface area contributed by atoms with E-state index in [0.29, 0.717) is 6.10 Å². The van der Waals surface area contributed by atoms with E-state index in [9.17, 15) is 0 Å². The van der Waals surface area contributed by atoms with Gasteiger partial charge in [-0.1, -0.05) is 43.7 Å². The first-order valence-corrected chi connectivity index (χ1v) is 8.43. The van der Waals surface area contributed by atoms with E-state index in [1.54, 1.807) is 0 Å². The molecule has 1 atom stereocenters. The van der Waals surface area contributed by atoms with Crippen molar-refractivity contribution >= 4 is 13.5 Å². The van der Waals surface area contributed by atoms with Gasteiger partial charge in [-0.05, 0) is 31.6 Å². The van der Waals surface area contributed by atoms with E-state index in [0.717, 1.165) is 0 Å². The largest absolute Gasteiger partial charge is 0.410 e. The number of hydrogen-bond acceptors (Lipinski definition) is 1. The van der Waals surface area contributed by atoms with Crippen molar-refractivity contribution in [1.82, 2.24) is 0 Å². The second kappa shape index (κ2) is 5.47. The second-order valence-corrected chi connectivity index (χ2v) is 8.29. The summed E-state index contributed by atoms with van der Waals surface area (Å²) in [5.74, 6) is 0. The van der Waals surface area contributed by atoms with Crippen LogP contribution in [0.2, 0.25) is 12.6 Å². The molecule has 0 heterocycles. The predicted octanol–water partition coefficient (Wildman–Crippen LogP) is 3.30. The highest BCUT2D eigenvalue weighted by Crippen LogP contribution is 2.16. The molecule has 0 aliphatic heterocycles. The molecule has 0 fully saturated rings. The van der Waals surface area contributed by atoms with E-state index >= 15 is 0 Å². The lowest BCUT2D eigenvalue weighted by atomic mass is 10.4. The minimum Gasteiger partial charge on any atom is -0.410 e. The van der Waals surface area contributed by atoms with Crippen LogP contribution in [0.4, 0.5) is 0 Å². The lowest BCUT2D eigenvalue weighted by Gasteiger charge is -2.29. The first-order valence-electron chi connectivity index (χ1n) is 5.82. The Morgan fingerprint density at radius 1 is 1.20 bits per heavy atom. The molecule has 0 saturated carbocycles. The molecule has 0 aromatic heterocycles. The summed E-state index contributed by atoms with van der Waals surface area (Å²) >= 11 is 0. The van der Waals surface area contributed by atoms with Crippen molar-refractivity contribution in [3.05, 3.63) is 30.3 Å². The molecule has 0 aliphatic carbocycles. The summed E-state index contributed by atoms with van der Waals surface area (Å²) < 4.78 is 6.20. The molecule has 1 rings (SSSR count). The van der Waals surface area contributed by atoms with Gasteiger partial charge in [-0.3, -0.25) is 0 Å². The Hall–Kier alpha value is -0.603. The fourth-order valence-electron chi connectivity index (χ4n) is 2.06. The highest BCUT2D eigenvalue weighted by Gasteiger charge is 2.31. The van der Waals surface area contributed by atoms with Crippen LogP contribution in [0.1, 0.15) is 27.2 Å². The van der Waals surface area contributed by atoms with Crippen LogP contribution in [-0.2, 0) is 4.43 Å². The molecule has 0 radical (unpaired) electrons. The summed E-state index contributed by atoms with van der Waals surface area (Å²) in [5.41, 5.74) is 0. The van der Waals surface area contributed by atoms with Gasteiger partial charge in [0.05, 0.1) is 0 Å². The first-order chi connectivity index (χ1) is 7.08. The minimum atomic E-state index is -1.69. The molecule has 1 aromatic rings. The van der Waals surface area contributed by atoms with Crippen molar-refractivity contribution in [3.8, 4) is 0 Å². The number of hydrogen-bond donors (Lipinski definition) is 0. The molecule has 2 heteroatoms. The van der Waals surface area contributed by atoms with E-state index in [2.05, 4.69) is 57.7 Å². The quantitative estimate of drug-likeness (QED) is 0.695. The van der Waals surface area contributed by atoms with Gasteiger partial charge in [0, 0.05) is 6.10 Å². The van der Waals surface area contributed by atoms with Gasteiger partial charge in [-0.25, -0.2) is 0 Å². The highest BCUT2D eigenvalue weighted by molar-refractivity contribution is 6.85. The summed E-state index contributed by atoms with van der Waals surface area (Å²) in [7, 11) is -1.69. The fraction of sp³-hybridized carbons (Fsp3) is 0.538. The first kappa shape index (κ1) is 12.5. The molecule has 1 nitrogen and oxygen atoms in total. The molecule has 0 amide bonds. The average molecular weight is 222 g/mol. The van der Waals surface area contributed by atoms with E-state index < -0.39 is 8.32 Å². The molecule has 0 saturated heterocycles. The topological polar surface area (TPSA) is 9.23 Å². The number of rotatable bonds is 5. The summed E-state index contributed by atoms with van der Waals surface area (Å²) in [6.07, 6.45) is 1.53. The maximum atomic E-state index is 6.20. The maximum Gasteiger partial charge on any atom is 0.221 e. The molecule has 84 valence electrons.